The van der Waals surface area contributed by atoms with Gasteiger partial charge in [-0.05, 0) is 44.4 Å². The summed E-state index contributed by atoms with van der Waals surface area (Å²) in [5, 5.41) is 3.10. The number of hydrogen-bond donors (Lipinski definition) is 1. The minimum atomic E-state index is -0.528. The second-order valence-corrected chi connectivity index (χ2v) is 6.92. The molecule has 3 rings (SSSR count). The molecule has 0 radical (unpaired) electrons. The molecular weight excluding hydrogens is 354 g/mol. The first-order valence-electron chi connectivity index (χ1n) is 9.07. The van der Waals surface area contributed by atoms with Gasteiger partial charge in [-0.25, -0.2) is 0 Å². The van der Waals surface area contributed by atoms with Gasteiger partial charge in [-0.2, -0.15) is 0 Å². The number of piperidine rings is 1. The van der Waals surface area contributed by atoms with Gasteiger partial charge in [0.1, 0.15) is 5.75 Å². The minimum absolute atomic E-state index is 0. The molecular formula is C19H28ClN3O3. The Labute approximate surface area is 161 Å². The fraction of sp³-hybridized carbons (Fsp3) is 0.579. The van der Waals surface area contributed by atoms with Crippen molar-refractivity contribution in [2.75, 3.05) is 32.7 Å². The molecule has 0 spiro atoms. The van der Waals surface area contributed by atoms with Crippen LogP contribution < -0.4 is 10.1 Å². The highest BCUT2D eigenvalue weighted by atomic mass is 35.5. The topological polar surface area (TPSA) is 61.9 Å². The van der Waals surface area contributed by atoms with Crippen LogP contribution in [0.5, 0.6) is 5.75 Å². The summed E-state index contributed by atoms with van der Waals surface area (Å²) in [6.07, 6.45) is 1.35. The summed E-state index contributed by atoms with van der Waals surface area (Å²) < 4.78 is 5.83. The van der Waals surface area contributed by atoms with Crippen LogP contribution in [0.4, 0.5) is 0 Å². The SMILES string of the molecule is Cc1cccc(OC(C)C(=O)N2CCCC(N3CCNCC3=O)C2)c1.Cl. The third kappa shape index (κ3) is 4.89. The van der Waals surface area contributed by atoms with Gasteiger partial charge in [0, 0.05) is 32.2 Å². The zero-order chi connectivity index (χ0) is 17.8. The number of halogens is 1. The molecule has 2 amide bonds. The van der Waals surface area contributed by atoms with Gasteiger partial charge in [-0.3, -0.25) is 9.59 Å². The van der Waals surface area contributed by atoms with E-state index in [1.165, 1.54) is 0 Å². The van der Waals surface area contributed by atoms with E-state index in [1.54, 1.807) is 6.92 Å². The number of carbonyl (C=O) groups is 2. The molecule has 1 N–H and O–H groups in total. The quantitative estimate of drug-likeness (QED) is 0.860. The van der Waals surface area contributed by atoms with Crippen molar-refractivity contribution in [1.82, 2.24) is 15.1 Å². The molecule has 7 heteroatoms. The highest BCUT2D eigenvalue weighted by Crippen LogP contribution is 2.20. The number of likely N-dealkylation sites (tertiary alicyclic amines) is 1. The standard InChI is InChI=1S/C19H27N3O3.ClH/c1-14-5-3-7-17(11-14)25-15(2)19(24)21-9-4-6-16(13-21)22-10-8-20-12-18(22)23;/h3,5,7,11,15-16,20H,4,6,8-10,12-13H2,1-2H3;1H. The molecule has 6 nitrogen and oxygen atoms in total. The molecule has 2 atom stereocenters. The number of piperazine rings is 1. The third-order valence-corrected chi connectivity index (χ3v) is 4.93. The zero-order valence-corrected chi connectivity index (χ0v) is 16.3. The lowest BCUT2D eigenvalue weighted by Gasteiger charge is -2.41. The van der Waals surface area contributed by atoms with Crippen molar-refractivity contribution in [2.45, 2.75) is 38.8 Å². The summed E-state index contributed by atoms with van der Waals surface area (Å²) in [5.74, 6) is 0.843. The van der Waals surface area contributed by atoms with Gasteiger partial charge < -0.3 is 19.9 Å². The highest BCUT2D eigenvalue weighted by Gasteiger charge is 2.33. The van der Waals surface area contributed by atoms with E-state index in [-0.39, 0.29) is 30.3 Å². The van der Waals surface area contributed by atoms with E-state index in [1.807, 2.05) is 41.0 Å². The Bertz CT molecular complexity index is 640. The lowest BCUT2D eigenvalue weighted by atomic mass is 10.0. The highest BCUT2D eigenvalue weighted by molar-refractivity contribution is 5.85. The first kappa shape index (κ1) is 20.5. The smallest absolute Gasteiger partial charge is 0.263 e. The van der Waals surface area contributed by atoms with E-state index >= 15 is 0 Å². The van der Waals surface area contributed by atoms with Crippen LogP contribution >= 0.6 is 12.4 Å². The van der Waals surface area contributed by atoms with E-state index in [0.29, 0.717) is 18.8 Å². The molecule has 1 aromatic carbocycles. The van der Waals surface area contributed by atoms with Crippen molar-refractivity contribution in [3.05, 3.63) is 29.8 Å². The van der Waals surface area contributed by atoms with Gasteiger partial charge in [0.25, 0.3) is 5.91 Å². The van der Waals surface area contributed by atoms with Gasteiger partial charge >= 0.3 is 0 Å². The maximum absolute atomic E-state index is 12.8. The number of nitrogens with one attached hydrogen (secondary N) is 1. The van der Waals surface area contributed by atoms with Crippen molar-refractivity contribution >= 4 is 24.2 Å². The van der Waals surface area contributed by atoms with Gasteiger partial charge in [0.05, 0.1) is 6.54 Å². The molecule has 2 aliphatic rings. The van der Waals surface area contributed by atoms with Crippen LogP contribution in [0, 0.1) is 6.92 Å². The normalized spacial score (nSPS) is 21.8. The molecule has 2 heterocycles. The van der Waals surface area contributed by atoms with Crippen LogP contribution in [0.1, 0.15) is 25.3 Å². The monoisotopic (exact) mass is 381 g/mol. The fourth-order valence-electron chi connectivity index (χ4n) is 3.62. The van der Waals surface area contributed by atoms with Crippen LogP contribution in [0.25, 0.3) is 0 Å². The zero-order valence-electron chi connectivity index (χ0n) is 15.4. The van der Waals surface area contributed by atoms with E-state index in [0.717, 1.165) is 38.0 Å². The predicted molar refractivity (Wildman–Crippen MR) is 103 cm³/mol. The number of aryl methyl sites for hydroxylation is 1. The van der Waals surface area contributed by atoms with Crippen LogP contribution in [-0.2, 0) is 9.59 Å². The first-order chi connectivity index (χ1) is 12.0. The van der Waals surface area contributed by atoms with Gasteiger partial charge in [-0.15, -0.1) is 12.4 Å². The molecule has 26 heavy (non-hydrogen) atoms. The number of amides is 2. The number of benzene rings is 1. The van der Waals surface area contributed by atoms with Crippen molar-refractivity contribution in [2.24, 2.45) is 0 Å². The Morgan fingerprint density at radius 2 is 2.15 bits per heavy atom. The number of ether oxygens (including phenoxy) is 1. The van der Waals surface area contributed by atoms with Crippen LogP contribution in [0.3, 0.4) is 0 Å². The Kier molecular flexibility index (Phi) is 7.29. The number of carbonyl (C=O) groups excluding carboxylic acids is 2. The van der Waals surface area contributed by atoms with Gasteiger partial charge in [0.15, 0.2) is 6.10 Å². The summed E-state index contributed by atoms with van der Waals surface area (Å²) in [7, 11) is 0. The minimum Gasteiger partial charge on any atom is -0.481 e. The Morgan fingerprint density at radius 1 is 1.35 bits per heavy atom. The summed E-state index contributed by atoms with van der Waals surface area (Å²) in [4.78, 5) is 28.7. The van der Waals surface area contributed by atoms with Crippen molar-refractivity contribution in [3.63, 3.8) is 0 Å². The van der Waals surface area contributed by atoms with Crippen molar-refractivity contribution < 1.29 is 14.3 Å². The lowest BCUT2D eigenvalue weighted by Crippen LogP contribution is -2.58. The predicted octanol–water partition coefficient (Wildman–Crippen LogP) is 1.61. The van der Waals surface area contributed by atoms with E-state index in [9.17, 15) is 9.59 Å². The number of rotatable bonds is 4. The van der Waals surface area contributed by atoms with Crippen molar-refractivity contribution in [1.29, 1.82) is 0 Å². The summed E-state index contributed by atoms with van der Waals surface area (Å²) >= 11 is 0. The molecule has 0 bridgehead atoms. The Balaban J connectivity index is 0.00000243. The van der Waals surface area contributed by atoms with E-state index < -0.39 is 6.10 Å². The largest absolute Gasteiger partial charge is 0.481 e. The van der Waals surface area contributed by atoms with Crippen LogP contribution in [0.15, 0.2) is 24.3 Å². The fourth-order valence-corrected chi connectivity index (χ4v) is 3.62. The molecule has 1 aromatic rings. The maximum atomic E-state index is 12.8. The van der Waals surface area contributed by atoms with Crippen LogP contribution in [-0.4, -0.2) is 66.5 Å². The second-order valence-electron chi connectivity index (χ2n) is 6.92. The average molecular weight is 382 g/mol. The van der Waals surface area contributed by atoms with Gasteiger partial charge in [0.2, 0.25) is 5.91 Å². The lowest BCUT2D eigenvalue weighted by molar-refractivity contribution is -0.144. The number of nitrogens with zero attached hydrogens (tertiary/aromatic N) is 2. The maximum Gasteiger partial charge on any atom is 0.263 e. The summed E-state index contributed by atoms with van der Waals surface area (Å²) in [6, 6.07) is 7.85. The molecule has 0 aromatic heterocycles. The molecule has 2 fully saturated rings. The average Bonchev–Trinajstić information content (AvgIpc) is 2.61. The number of hydrogen-bond acceptors (Lipinski definition) is 4. The third-order valence-electron chi connectivity index (χ3n) is 4.93. The Morgan fingerprint density at radius 3 is 2.88 bits per heavy atom. The molecule has 2 saturated heterocycles. The molecule has 0 saturated carbocycles. The van der Waals surface area contributed by atoms with E-state index in [2.05, 4.69) is 5.32 Å². The molecule has 144 valence electrons. The van der Waals surface area contributed by atoms with Crippen molar-refractivity contribution in [3.8, 4) is 5.75 Å². The molecule has 2 unspecified atom stereocenters. The summed E-state index contributed by atoms with van der Waals surface area (Å²) in [6.45, 7) is 7.08. The molecule has 0 aliphatic carbocycles. The van der Waals surface area contributed by atoms with E-state index in [4.69, 9.17) is 4.74 Å². The first-order valence-corrected chi connectivity index (χ1v) is 9.07. The second kappa shape index (κ2) is 9.24. The molecule has 2 aliphatic heterocycles. The van der Waals surface area contributed by atoms with Gasteiger partial charge in [-0.1, -0.05) is 12.1 Å². The Hall–Kier alpha value is -1.79. The van der Waals surface area contributed by atoms with Crippen LogP contribution in [0.2, 0.25) is 0 Å². The summed E-state index contributed by atoms with van der Waals surface area (Å²) in [5.41, 5.74) is 1.10.